The number of carbonyl (C=O) groups is 2. The Hall–Kier alpha value is -1.55. The first-order valence-corrected chi connectivity index (χ1v) is 12.2. The van der Waals surface area contributed by atoms with Gasteiger partial charge in [-0.1, -0.05) is 11.6 Å². The van der Waals surface area contributed by atoms with Gasteiger partial charge < -0.3 is 25.8 Å². The summed E-state index contributed by atoms with van der Waals surface area (Å²) in [5, 5.41) is 20.5. The molecular weight excluding hydrogens is 457 g/mol. The summed E-state index contributed by atoms with van der Waals surface area (Å²) in [5.74, 6) is -0.785. The first-order valence-electron chi connectivity index (χ1n) is 10.9. The molecule has 32 heavy (non-hydrogen) atoms. The number of carbonyl (C=O) groups excluding carboxylic acids is 2. The molecule has 3 saturated carbocycles. The molecule has 1 aliphatic heterocycles. The summed E-state index contributed by atoms with van der Waals surface area (Å²) in [5.41, 5.74) is -1.17. The Kier molecular flexibility index (Phi) is 6.64. The number of nitrogens with one attached hydrogen (secondary N) is 3. The van der Waals surface area contributed by atoms with Crippen molar-refractivity contribution in [2.24, 2.45) is 0 Å². The van der Waals surface area contributed by atoms with Crippen LogP contribution in [0.15, 0.2) is 18.2 Å². The van der Waals surface area contributed by atoms with Crippen LogP contribution in [0.3, 0.4) is 0 Å². The van der Waals surface area contributed by atoms with E-state index in [9.17, 15) is 19.1 Å². The average molecular weight is 486 g/mol. The molecule has 1 saturated heterocycles. The van der Waals surface area contributed by atoms with Crippen LogP contribution >= 0.6 is 23.4 Å². The van der Waals surface area contributed by atoms with E-state index in [0.29, 0.717) is 32.1 Å². The van der Waals surface area contributed by atoms with Gasteiger partial charge in [-0.3, -0.25) is 9.59 Å². The largest absolute Gasteiger partial charge is 0.484 e. The van der Waals surface area contributed by atoms with Gasteiger partial charge in [-0.25, -0.2) is 4.39 Å². The number of rotatable bonds is 6. The van der Waals surface area contributed by atoms with Crippen molar-refractivity contribution in [1.29, 1.82) is 0 Å². The fraction of sp³-hybridized carbons (Fsp3) is 0.636. The molecule has 2 bridgehead atoms. The lowest BCUT2D eigenvalue weighted by molar-refractivity contribution is -0.136. The van der Waals surface area contributed by atoms with Gasteiger partial charge in [0.1, 0.15) is 16.8 Å². The molecule has 4 atom stereocenters. The van der Waals surface area contributed by atoms with Gasteiger partial charge in [0, 0.05) is 17.6 Å². The van der Waals surface area contributed by atoms with Crippen molar-refractivity contribution in [3.8, 4) is 5.75 Å². The molecule has 1 aromatic carbocycles. The fourth-order valence-corrected chi connectivity index (χ4v) is 6.49. The van der Waals surface area contributed by atoms with E-state index in [0.717, 1.165) is 6.07 Å². The normalized spacial score (nSPS) is 36.0. The van der Waals surface area contributed by atoms with Crippen LogP contribution in [0.25, 0.3) is 0 Å². The summed E-state index contributed by atoms with van der Waals surface area (Å²) in [6.45, 7) is 3.76. The summed E-state index contributed by atoms with van der Waals surface area (Å²) >= 11 is 7.27. The maximum Gasteiger partial charge on any atom is 0.258 e. The van der Waals surface area contributed by atoms with E-state index in [1.807, 2.05) is 13.8 Å². The number of aliphatic hydroxyl groups is 1. The van der Waals surface area contributed by atoms with E-state index in [-0.39, 0.29) is 45.9 Å². The molecule has 4 aliphatic rings. The number of thioether (sulfide) groups is 1. The molecule has 10 heteroatoms. The molecule has 4 unspecified atom stereocenters. The third kappa shape index (κ3) is 4.71. The number of aliphatic hydroxyl groups excluding tert-OH is 1. The summed E-state index contributed by atoms with van der Waals surface area (Å²) in [7, 11) is 0. The Bertz CT molecular complexity index is 896. The van der Waals surface area contributed by atoms with E-state index in [1.54, 1.807) is 11.8 Å². The lowest BCUT2D eigenvalue weighted by Gasteiger charge is -2.56. The predicted molar refractivity (Wildman–Crippen MR) is 121 cm³/mol. The Morgan fingerprint density at radius 2 is 2.00 bits per heavy atom. The Labute approximate surface area is 196 Å². The van der Waals surface area contributed by atoms with E-state index < -0.39 is 23.0 Å². The molecule has 176 valence electrons. The molecule has 4 N–H and O–H groups in total. The maximum atomic E-state index is 13.5. The second-order valence-corrected chi connectivity index (χ2v) is 11.1. The summed E-state index contributed by atoms with van der Waals surface area (Å²) < 4.78 is 18.9. The number of hydrogen-bond donors (Lipinski definition) is 4. The zero-order valence-corrected chi connectivity index (χ0v) is 19.7. The van der Waals surface area contributed by atoms with Gasteiger partial charge in [0.25, 0.3) is 5.91 Å². The molecular formula is C22H29ClFN3O4S. The van der Waals surface area contributed by atoms with Crippen molar-refractivity contribution in [1.82, 2.24) is 16.0 Å². The van der Waals surface area contributed by atoms with Gasteiger partial charge in [-0.15, -0.1) is 11.8 Å². The molecule has 0 aromatic heterocycles. The highest BCUT2D eigenvalue weighted by Crippen LogP contribution is 2.47. The van der Waals surface area contributed by atoms with Gasteiger partial charge in [-0.05, 0) is 58.1 Å². The van der Waals surface area contributed by atoms with Crippen LogP contribution in [0.5, 0.6) is 5.75 Å². The van der Waals surface area contributed by atoms with E-state index in [1.165, 1.54) is 12.1 Å². The third-order valence-electron chi connectivity index (χ3n) is 6.92. The van der Waals surface area contributed by atoms with E-state index in [2.05, 4.69) is 16.0 Å². The molecule has 0 radical (unpaired) electrons. The molecule has 1 aromatic rings. The van der Waals surface area contributed by atoms with Crippen molar-refractivity contribution in [2.45, 2.75) is 79.8 Å². The van der Waals surface area contributed by atoms with E-state index in [4.69, 9.17) is 16.3 Å². The predicted octanol–water partition coefficient (Wildman–Crippen LogP) is 2.35. The smallest absolute Gasteiger partial charge is 0.258 e. The van der Waals surface area contributed by atoms with Crippen LogP contribution < -0.4 is 20.7 Å². The van der Waals surface area contributed by atoms with Gasteiger partial charge in [0.05, 0.1) is 22.0 Å². The summed E-state index contributed by atoms with van der Waals surface area (Å²) in [4.78, 5) is 25.4. The summed E-state index contributed by atoms with van der Waals surface area (Å²) in [6.07, 6.45) is 2.14. The van der Waals surface area contributed by atoms with Crippen molar-refractivity contribution in [3.63, 3.8) is 0 Å². The quantitative estimate of drug-likeness (QED) is 0.493. The molecule has 5 rings (SSSR count). The molecule has 7 nitrogen and oxygen atoms in total. The standard InChI is InChI=1S/C22H29ClFN3O4S/c1-12-19(32-13(2)25-12)20(30)27-21-5-7-22(8-6-21,17(28)10-21)26-18(29)11-31-14-3-4-15(23)16(24)9-14/h3-4,9,12-13,17,19,25,28H,5-8,10-11H2,1-2H3,(H,26,29)(H,27,30). The highest BCUT2D eigenvalue weighted by atomic mass is 35.5. The minimum Gasteiger partial charge on any atom is -0.484 e. The molecule has 2 amide bonds. The first kappa shape index (κ1) is 23.6. The molecule has 1 heterocycles. The van der Waals surface area contributed by atoms with Gasteiger partial charge >= 0.3 is 0 Å². The van der Waals surface area contributed by atoms with Crippen LogP contribution in [0, 0.1) is 5.82 Å². The number of halogens is 2. The maximum absolute atomic E-state index is 13.5. The zero-order chi connectivity index (χ0) is 23.1. The van der Waals surface area contributed by atoms with Crippen molar-refractivity contribution >= 4 is 35.2 Å². The molecule has 0 spiro atoms. The lowest BCUT2D eigenvalue weighted by atomic mass is 9.60. The van der Waals surface area contributed by atoms with E-state index >= 15 is 0 Å². The van der Waals surface area contributed by atoms with Crippen LogP contribution in [-0.2, 0) is 9.59 Å². The van der Waals surface area contributed by atoms with Crippen molar-refractivity contribution < 1.29 is 23.8 Å². The molecule has 4 fully saturated rings. The Morgan fingerprint density at radius 3 is 2.59 bits per heavy atom. The van der Waals surface area contributed by atoms with Gasteiger partial charge in [0.15, 0.2) is 6.61 Å². The topological polar surface area (TPSA) is 99.7 Å². The van der Waals surface area contributed by atoms with Gasteiger partial charge in [-0.2, -0.15) is 0 Å². The second kappa shape index (κ2) is 9.00. The third-order valence-corrected chi connectivity index (χ3v) is 8.69. The monoisotopic (exact) mass is 485 g/mol. The summed E-state index contributed by atoms with van der Waals surface area (Å²) in [6, 6.07) is 4.07. The highest BCUT2D eigenvalue weighted by Gasteiger charge is 2.55. The van der Waals surface area contributed by atoms with Crippen LogP contribution in [0.4, 0.5) is 4.39 Å². The molecule has 3 aliphatic carbocycles. The average Bonchev–Trinajstić information content (AvgIpc) is 3.08. The fourth-order valence-electron chi connectivity index (χ4n) is 5.15. The number of ether oxygens (including phenoxy) is 1. The van der Waals surface area contributed by atoms with Crippen LogP contribution in [0.1, 0.15) is 46.0 Å². The lowest BCUT2D eigenvalue weighted by Crippen LogP contribution is -2.71. The SMILES string of the molecule is CC1NC(C)C(C(=O)NC23CCC(NC(=O)COc4ccc(Cl)c(F)c4)(CC2)C(O)C3)S1. The first-order chi connectivity index (χ1) is 15.1. The number of benzene rings is 1. The van der Waals surface area contributed by atoms with Crippen molar-refractivity contribution in [3.05, 3.63) is 29.0 Å². The Balaban J connectivity index is 1.32. The number of fused-ring (bicyclic) bond motifs is 3. The van der Waals surface area contributed by atoms with Gasteiger partial charge in [0.2, 0.25) is 5.91 Å². The number of amides is 2. The second-order valence-electron chi connectivity index (χ2n) is 9.21. The minimum atomic E-state index is -0.770. The van der Waals surface area contributed by atoms with Crippen LogP contribution in [0.2, 0.25) is 5.02 Å². The zero-order valence-electron chi connectivity index (χ0n) is 18.1. The Morgan fingerprint density at radius 1 is 1.28 bits per heavy atom. The van der Waals surface area contributed by atoms with Crippen LogP contribution in [-0.4, -0.2) is 57.4 Å². The number of hydrogen-bond acceptors (Lipinski definition) is 6. The highest BCUT2D eigenvalue weighted by molar-refractivity contribution is 8.01. The van der Waals surface area contributed by atoms with Crippen molar-refractivity contribution in [2.75, 3.05) is 6.61 Å². The minimum absolute atomic E-state index is 0.00795.